The van der Waals surface area contributed by atoms with Gasteiger partial charge in [0.05, 0.1) is 18.8 Å². The number of carbonyl (C=O) groups excluding carboxylic acids is 1. The number of aryl methyl sites for hydroxylation is 2. The fraction of sp³-hybridized carbons (Fsp3) is 0.722. The summed E-state index contributed by atoms with van der Waals surface area (Å²) in [6, 6.07) is 1.96. The number of rotatable bonds is 2. The van der Waals surface area contributed by atoms with Crippen LogP contribution in [0, 0.1) is 19.3 Å². The summed E-state index contributed by atoms with van der Waals surface area (Å²) in [7, 11) is 2.12. The van der Waals surface area contributed by atoms with Gasteiger partial charge in [-0.2, -0.15) is 0 Å². The summed E-state index contributed by atoms with van der Waals surface area (Å²) in [6.07, 6.45) is 1.70. The molecule has 1 amide bonds. The van der Waals surface area contributed by atoms with Gasteiger partial charge in [0.2, 0.25) is 5.91 Å². The first kappa shape index (κ1) is 17.3. The summed E-state index contributed by atoms with van der Waals surface area (Å²) < 4.78 is 5.90. The van der Waals surface area contributed by atoms with Crippen LogP contribution in [0.5, 0.6) is 0 Å². The number of ether oxygens (including phenoxy) is 1. The van der Waals surface area contributed by atoms with Crippen LogP contribution in [-0.4, -0.2) is 65.5 Å². The summed E-state index contributed by atoms with van der Waals surface area (Å²) >= 11 is 0. The number of likely N-dealkylation sites (tertiary alicyclic amines) is 1. The highest BCUT2D eigenvalue weighted by molar-refractivity contribution is 5.82. The molecule has 0 aliphatic carbocycles. The minimum Gasteiger partial charge on any atom is -0.368 e. The zero-order valence-corrected chi connectivity index (χ0v) is 15.2. The zero-order valence-electron chi connectivity index (χ0n) is 15.2. The molecule has 6 heteroatoms. The van der Waals surface area contributed by atoms with Crippen LogP contribution in [-0.2, 0) is 9.53 Å². The van der Waals surface area contributed by atoms with Crippen molar-refractivity contribution in [2.45, 2.75) is 39.7 Å². The minimum absolute atomic E-state index is 0.155. The van der Waals surface area contributed by atoms with E-state index in [-0.39, 0.29) is 17.4 Å². The first-order valence-electron chi connectivity index (χ1n) is 8.79. The maximum Gasteiger partial charge on any atom is 0.228 e. The number of hydrogen-bond acceptors (Lipinski definition) is 5. The number of aromatic nitrogens is 2. The Morgan fingerprint density at radius 1 is 1.25 bits per heavy atom. The van der Waals surface area contributed by atoms with E-state index in [0.29, 0.717) is 19.7 Å². The third kappa shape index (κ3) is 3.59. The monoisotopic (exact) mass is 332 g/mol. The largest absolute Gasteiger partial charge is 0.368 e. The molecule has 3 rings (SSSR count). The molecular formula is C18H28N4O2. The van der Waals surface area contributed by atoms with Gasteiger partial charge in [0.25, 0.3) is 0 Å². The minimum atomic E-state index is -0.244. The second kappa shape index (κ2) is 6.76. The molecular weight excluding hydrogens is 304 g/mol. The van der Waals surface area contributed by atoms with E-state index in [1.54, 1.807) is 0 Å². The Kier molecular flexibility index (Phi) is 4.88. The maximum absolute atomic E-state index is 13.1. The Hall–Kier alpha value is -1.53. The summed E-state index contributed by atoms with van der Waals surface area (Å²) in [6.45, 7) is 9.76. The number of carbonyl (C=O) groups is 1. The molecule has 3 heterocycles. The number of nitrogens with zero attached hydrogens (tertiary/aromatic N) is 4. The molecule has 1 aromatic heterocycles. The summed E-state index contributed by atoms with van der Waals surface area (Å²) in [4.78, 5) is 26.2. The fourth-order valence-electron chi connectivity index (χ4n) is 3.63. The van der Waals surface area contributed by atoms with Crippen LogP contribution in [0.2, 0.25) is 0 Å². The first-order chi connectivity index (χ1) is 11.4. The average Bonchev–Trinajstić information content (AvgIpc) is 2.56. The van der Waals surface area contributed by atoms with Gasteiger partial charge in [-0.1, -0.05) is 6.92 Å². The van der Waals surface area contributed by atoms with Gasteiger partial charge in [-0.15, -0.1) is 0 Å². The molecule has 6 nitrogen and oxygen atoms in total. The van der Waals surface area contributed by atoms with E-state index in [2.05, 4.69) is 28.8 Å². The van der Waals surface area contributed by atoms with Crippen LogP contribution >= 0.6 is 0 Å². The smallest absolute Gasteiger partial charge is 0.228 e. The van der Waals surface area contributed by atoms with E-state index in [1.165, 1.54) is 0 Å². The standard InChI is InChI=1S/C18H28N4O2/c1-13-11-15(20-14(2)19-13)16-12-22(9-10-24-16)17(23)18(3)5-7-21(4)8-6-18/h11,16H,5-10,12H2,1-4H3. The van der Waals surface area contributed by atoms with Gasteiger partial charge < -0.3 is 14.5 Å². The van der Waals surface area contributed by atoms with Crippen LogP contribution in [0.4, 0.5) is 0 Å². The van der Waals surface area contributed by atoms with Crippen molar-refractivity contribution in [2.24, 2.45) is 5.41 Å². The van der Waals surface area contributed by atoms with Crippen molar-refractivity contribution in [1.82, 2.24) is 19.8 Å². The van der Waals surface area contributed by atoms with Crippen molar-refractivity contribution in [2.75, 3.05) is 39.8 Å². The number of morpholine rings is 1. The van der Waals surface area contributed by atoms with Crippen molar-refractivity contribution in [3.63, 3.8) is 0 Å². The number of hydrogen-bond donors (Lipinski definition) is 0. The third-order valence-electron chi connectivity index (χ3n) is 5.28. The van der Waals surface area contributed by atoms with E-state index < -0.39 is 0 Å². The van der Waals surface area contributed by atoms with E-state index in [9.17, 15) is 4.79 Å². The Balaban J connectivity index is 1.72. The lowest BCUT2D eigenvalue weighted by Gasteiger charge is -2.42. The van der Waals surface area contributed by atoms with Gasteiger partial charge in [-0.25, -0.2) is 9.97 Å². The molecule has 0 saturated carbocycles. The SMILES string of the molecule is Cc1cc(C2CN(C(=O)C3(C)CCN(C)CC3)CCO2)nc(C)n1. The molecule has 2 saturated heterocycles. The van der Waals surface area contributed by atoms with E-state index >= 15 is 0 Å². The van der Waals surface area contributed by atoms with Gasteiger partial charge >= 0.3 is 0 Å². The van der Waals surface area contributed by atoms with Crippen molar-refractivity contribution >= 4 is 5.91 Å². The molecule has 2 aliphatic rings. The summed E-state index contributed by atoms with van der Waals surface area (Å²) in [5.41, 5.74) is 1.57. The molecule has 0 aromatic carbocycles. The molecule has 2 aliphatic heterocycles. The third-order valence-corrected chi connectivity index (χ3v) is 5.28. The van der Waals surface area contributed by atoms with E-state index in [0.717, 1.165) is 43.1 Å². The molecule has 0 bridgehead atoms. The second-order valence-electron chi connectivity index (χ2n) is 7.46. The van der Waals surface area contributed by atoms with Crippen molar-refractivity contribution in [3.05, 3.63) is 23.3 Å². The maximum atomic E-state index is 13.1. The predicted octanol–water partition coefficient (Wildman–Crippen LogP) is 1.73. The fourth-order valence-corrected chi connectivity index (χ4v) is 3.63. The predicted molar refractivity (Wildman–Crippen MR) is 91.6 cm³/mol. The lowest BCUT2D eigenvalue weighted by Crippen LogP contribution is -2.51. The van der Waals surface area contributed by atoms with Gasteiger partial charge in [0.15, 0.2) is 0 Å². The van der Waals surface area contributed by atoms with Crippen LogP contribution in [0.1, 0.15) is 43.1 Å². The average molecular weight is 332 g/mol. The lowest BCUT2D eigenvalue weighted by molar-refractivity contribution is -0.151. The summed E-state index contributed by atoms with van der Waals surface area (Å²) in [5.74, 6) is 1.02. The zero-order chi connectivity index (χ0) is 17.3. The highest BCUT2D eigenvalue weighted by Gasteiger charge is 2.40. The van der Waals surface area contributed by atoms with E-state index in [4.69, 9.17) is 4.74 Å². The molecule has 2 fully saturated rings. The quantitative estimate of drug-likeness (QED) is 0.825. The van der Waals surface area contributed by atoms with Crippen molar-refractivity contribution in [3.8, 4) is 0 Å². The highest BCUT2D eigenvalue weighted by Crippen LogP contribution is 2.34. The van der Waals surface area contributed by atoms with E-state index in [1.807, 2.05) is 24.8 Å². The van der Waals surface area contributed by atoms with Crippen LogP contribution in [0.15, 0.2) is 6.07 Å². The molecule has 0 radical (unpaired) electrons. The molecule has 0 spiro atoms. The molecule has 0 N–H and O–H groups in total. The van der Waals surface area contributed by atoms with Crippen LogP contribution in [0.25, 0.3) is 0 Å². The lowest BCUT2D eigenvalue weighted by atomic mass is 9.79. The molecule has 24 heavy (non-hydrogen) atoms. The molecule has 1 aromatic rings. The Bertz CT molecular complexity index is 591. The van der Waals surface area contributed by atoms with Gasteiger partial charge in [-0.3, -0.25) is 4.79 Å². The van der Waals surface area contributed by atoms with Gasteiger partial charge in [0.1, 0.15) is 11.9 Å². The topological polar surface area (TPSA) is 58.6 Å². The Morgan fingerprint density at radius 2 is 1.96 bits per heavy atom. The van der Waals surface area contributed by atoms with Gasteiger partial charge in [-0.05, 0) is 52.9 Å². The number of amides is 1. The first-order valence-corrected chi connectivity index (χ1v) is 8.79. The second-order valence-corrected chi connectivity index (χ2v) is 7.46. The normalized spacial score (nSPS) is 24.8. The highest BCUT2D eigenvalue weighted by atomic mass is 16.5. The molecule has 132 valence electrons. The van der Waals surface area contributed by atoms with Crippen LogP contribution < -0.4 is 0 Å². The van der Waals surface area contributed by atoms with Gasteiger partial charge in [0, 0.05) is 17.7 Å². The molecule has 1 unspecified atom stereocenters. The Morgan fingerprint density at radius 3 is 2.62 bits per heavy atom. The Labute approximate surface area is 144 Å². The van der Waals surface area contributed by atoms with Crippen LogP contribution in [0.3, 0.4) is 0 Å². The summed E-state index contributed by atoms with van der Waals surface area (Å²) in [5, 5.41) is 0. The number of piperidine rings is 1. The van der Waals surface area contributed by atoms with Crippen molar-refractivity contribution < 1.29 is 9.53 Å². The van der Waals surface area contributed by atoms with Crippen molar-refractivity contribution in [1.29, 1.82) is 0 Å². The molecule has 1 atom stereocenters.